The van der Waals surface area contributed by atoms with E-state index < -0.39 is 0 Å². The fourth-order valence-corrected chi connectivity index (χ4v) is 2.81. The van der Waals surface area contributed by atoms with E-state index in [1.807, 2.05) is 12.1 Å². The van der Waals surface area contributed by atoms with E-state index in [9.17, 15) is 4.79 Å². The average Bonchev–Trinajstić information content (AvgIpc) is 3.18. The molecule has 0 N–H and O–H groups in total. The van der Waals surface area contributed by atoms with Crippen LogP contribution in [0.25, 0.3) is 33.7 Å². The monoisotopic (exact) mass is 379 g/mol. The molecule has 0 spiro atoms. The number of aromatic nitrogens is 3. The van der Waals surface area contributed by atoms with Gasteiger partial charge in [0.05, 0.1) is 23.3 Å². The minimum absolute atomic E-state index is 0.334. The molecule has 0 aliphatic carbocycles. The highest BCUT2D eigenvalue weighted by atomic mass is 35.5. The topological polar surface area (TPSA) is 78.1 Å². The average molecular weight is 380 g/mol. The smallest absolute Gasteiger partial charge is 0.338 e. The van der Waals surface area contributed by atoms with E-state index in [0.717, 1.165) is 16.5 Å². The van der Waals surface area contributed by atoms with E-state index in [4.69, 9.17) is 20.9 Å². The zero-order valence-corrected chi connectivity index (χ0v) is 15.1. The minimum atomic E-state index is -0.361. The lowest BCUT2D eigenvalue weighted by Crippen LogP contribution is -2.04. The Hall–Kier alpha value is -3.25. The van der Waals surface area contributed by atoms with Gasteiger partial charge in [0.25, 0.3) is 5.89 Å². The van der Waals surface area contributed by atoms with Crippen LogP contribution in [0.3, 0.4) is 0 Å². The molecule has 4 aromatic rings. The quantitative estimate of drug-likeness (QED) is 0.475. The number of fused-ring (bicyclic) bond motifs is 1. The van der Waals surface area contributed by atoms with Crippen molar-refractivity contribution in [3.63, 3.8) is 0 Å². The van der Waals surface area contributed by atoms with Gasteiger partial charge in [-0.25, -0.2) is 4.79 Å². The fraction of sp³-hybridized carbons (Fsp3) is 0.100. The number of ether oxygens (including phenoxy) is 1. The zero-order valence-electron chi connectivity index (χ0n) is 14.3. The second kappa shape index (κ2) is 7.17. The predicted molar refractivity (Wildman–Crippen MR) is 101 cm³/mol. The molecule has 0 unspecified atom stereocenters. The highest BCUT2D eigenvalue weighted by Gasteiger charge is 2.13. The maximum absolute atomic E-state index is 11.7. The molecule has 6 nitrogen and oxygen atoms in total. The first-order valence-electron chi connectivity index (χ1n) is 8.31. The fourth-order valence-electron chi connectivity index (χ4n) is 2.64. The Morgan fingerprint density at radius 2 is 1.93 bits per heavy atom. The maximum atomic E-state index is 11.7. The second-order valence-corrected chi connectivity index (χ2v) is 6.22. The minimum Gasteiger partial charge on any atom is -0.462 e. The van der Waals surface area contributed by atoms with Gasteiger partial charge in [0.1, 0.15) is 0 Å². The van der Waals surface area contributed by atoms with Gasteiger partial charge in [-0.2, -0.15) is 4.98 Å². The van der Waals surface area contributed by atoms with Crippen LogP contribution < -0.4 is 0 Å². The largest absolute Gasteiger partial charge is 0.462 e. The van der Waals surface area contributed by atoms with Gasteiger partial charge >= 0.3 is 5.97 Å². The summed E-state index contributed by atoms with van der Waals surface area (Å²) in [7, 11) is 0. The van der Waals surface area contributed by atoms with Crippen LogP contribution in [0.1, 0.15) is 17.3 Å². The van der Waals surface area contributed by atoms with Gasteiger partial charge in [0.15, 0.2) is 0 Å². The van der Waals surface area contributed by atoms with E-state index >= 15 is 0 Å². The summed E-state index contributed by atoms with van der Waals surface area (Å²) in [4.78, 5) is 20.5. The first-order valence-corrected chi connectivity index (χ1v) is 8.69. The molecule has 0 radical (unpaired) electrons. The Kier molecular flexibility index (Phi) is 4.56. The Morgan fingerprint density at radius 1 is 1.11 bits per heavy atom. The Labute approximate surface area is 159 Å². The van der Waals surface area contributed by atoms with Crippen molar-refractivity contribution in [3.05, 3.63) is 65.3 Å². The molecule has 0 saturated carbocycles. The van der Waals surface area contributed by atoms with Crippen LogP contribution in [-0.2, 0) is 4.74 Å². The number of carbonyl (C=O) groups is 1. The molecule has 0 aliphatic heterocycles. The van der Waals surface area contributed by atoms with Gasteiger partial charge in [-0.3, -0.25) is 4.98 Å². The first-order chi connectivity index (χ1) is 13.1. The highest BCUT2D eigenvalue weighted by Crippen LogP contribution is 2.25. The molecule has 0 atom stereocenters. The van der Waals surface area contributed by atoms with Crippen molar-refractivity contribution < 1.29 is 14.1 Å². The number of halogens is 1. The highest BCUT2D eigenvalue weighted by molar-refractivity contribution is 6.31. The number of nitrogens with zero attached hydrogens (tertiary/aromatic N) is 3. The summed E-state index contributed by atoms with van der Waals surface area (Å²) in [6, 6.07) is 14.3. The number of pyridine rings is 1. The molecular weight excluding hydrogens is 366 g/mol. The number of esters is 1. The number of rotatable bonds is 4. The van der Waals surface area contributed by atoms with Crippen molar-refractivity contribution in [1.82, 2.24) is 15.1 Å². The van der Waals surface area contributed by atoms with Crippen LogP contribution in [0.5, 0.6) is 0 Å². The summed E-state index contributed by atoms with van der Waals surface area (Å²) < 4.78 is 10.3. The van der Waals surface area contributed by atoms with Crippen molar-refractivity contribution >= 4 is 28.5 Å². The molecule has 0 aliphatic rings. The molecule has 7 heteroatoms. The van der Waals surface area contributed by atoms with Crippen molar-refractivity contribution in [2.75, 3.05) is 6.61 Å². The Morgan fingerprint density at radius 3 is 2.70 bits per heavy atom. The van der Waals surface area contributed by atoms with Gasteiger partial charge in [-0.1, -0.05) is 35.0 Å². The molecule has 2 aromatic heterocycles. The lowest BCUT2D eigenvalue weighted by atomic mass is 10.1. The molecule has 0 amide bonds. The summed E-state index contributed by atoms with van der Waals surface area (Å²) in [5.74, 6) is 0.431. The van der Waals surface area contributed by atoms with Gasteiger partial charge in [-0.15, -0.1) is 0 Å². The maximum Gasteiger partial charge on any atom is 0.338 e. The summed E-state index contributed by atoms with van der Waals surface area (Å²) in [6.45, 7) is 2.10. The van der Waals surface area contributed by atoms with Crippen LogP contribution >= 0.6 is 11.6 Å². The van der Waals surface area contributed by atoms with Crippen LogP contribution in [0, 0.1) is 0 Å². The zero-order chi connectivity index (χ0) is 18.8. The predicted octanol–water partition coefficient (Wildman–Crippen LogP) is 4.78. The number of carbonyl (C=O) groups excluding carboxylic acids is 1. The van der Waals surface area contributed by atoms with Crippen LogP contribution in [0.2, 0.25) is 5.02 Å². The summed E-state index contributed by atoms with van der Waals surface area (Å²) in [5.41, 5.74) is 2.72. The molecular formula is C20H14ClN3O3. The van der Waals surface area contributed by atoms with Crippen LogP contribution in [0.4, 0.5) is 0 Å². The molecule has 2 heterocycles. The van der Waals surface area contributed by atoms with Crippen molar-refractivity contribution in [3.8, 4) is 22.8 Å². The molecule has 4 rings (SSSR count). The van der Waals surface area contributed by atoms with Gasteiger partial charge in [-0.05, 0) is 37.3 Å². The van der Waals surface area contributed by atoms with E-state index in [-0.39, 0.29) is 5.97 Å². The third-order valence-corrected chi connectivity index (χ3v) is 4.21. The van der Waals surface area contributed by atoms with E-state index in [1.165, 1.54) is 0 Å². The van der Waals surface area contributed by atoms with Crippen LogP contribution in [-0.4, -0.2) is 27.7 Å². The van der Waals surface area contributed by atoms with E-state index in [0.29, 0.717) is 34.5 Å². The number of hydrogen-bond acceptors (Lipinski definition) is 6. The molecule has 27 heavy (non-hydrogen) atoms. The summed E-state index contributed by atoms with van der Waals surface area (Å²) >= 11 is 5.98. The van der Waals surface area contributed by atoms with Gasteiger partial charge in [0, 0.05) is 22.2 Å². The van der Waals surface area contributed by atoms with E-state index in [1.54, 1.807) is 49.5 Å². The van der Waals surface area contributed by atoms with Crippen LogP contribution in [0.15, 0.2) is 59.3 Å². The Bertz CT molecular complexity index is 1120. The first kappa shape index (κ1) is 17.2. The third-order valence-electron chi connectivity index (χ3n) is 3.97. The normalized spacial score (nSPS) is 10.9. The van der Waals surface area contributed by atoms with Gasteiger partial charge < -0.3 is 9.26 Å². The molecule has 0 saturated heterocycles. The third kappa shape index (κ3) is 3.52. The van der Waals surface area contributed by atoms with Crippen molar-refractivity contribution in [2.24, 2.45) is 0 Å². The SMILES string of the molecule is CCOC(=O)c1ccc(-c2noc(-c3cnc4cc(Cl)ccc4c3)n2)cc1. The second-order valence-electron chi connectivity index (χ2n) is 5.78. The van der Waals surface area contributed by atoms with Gasteiger partial charge in [0.2, 0.25) is 5.82 Å². The summed E-state index contributed by atoms with van der Waals surface area (Å²) in [6.07, 6.45) is 1.67. The molecule has 0 bridgehead atoms. The number of hydrogen-bond donors (Lipinski definition) is 0. The lowest BCUT2D eigenvalue weighted by molar-refractivity contribution is 0.0526. The van der Waals surface area contributed by atoms with Crippen molar-refractivity contribution in [2.45, 2.75) is 6.92 Å². The molecule has 134 valence electrons. The number of benzene rings is 2. The standard InChI is InChI=1S/C20H14ClN3O3/c1-2-26-20(25)13-5-3-12(4-6-13)18-23-19(27-24-18)15-9-14-7-8-16(21)10-17(14)22-11-15/h3-11H,2H2,1H3. The molecule has 2 aromatic carbocycles. The molecule has 0 fully saturated rings. The Balaban J connectivity index is 1.61. The lowest BCUT2D eigenvalue weighted by Gasteiger charge is -2.01. The van der Waals surface area contributed by atoms with E-state index in [2.05, 4.69) is 15.1 Å². The van der Waals surface area contributed by atoms with Crippen molar-refractivity contribution in [1.29, 1.82) is 0 Å². The summed E-state index contributed by atoms with van der Waals surface area (Å²) in [5, 5.41) is 5.58.